The molecule has 2 rings (SSSR count). The molecule has 0 aromatic carbocycles. The zero-order valence-corrected chi connectivity index (χ0v) is 11.8. The van der Waals surface area contributed by atoms with Crippen LogP contribution in [0, 0.1) is 5.92 Å². The number of halogens is 1. The molecule has 1 heterocycles. The summed E-state index contributed by atoms with van der Waals surface area (Å²) in [5, 5.41) is 0. The summed E-state index contributed by atoms with van der Waals surface area (Å²) in [4.78, 5) is 1.14. The minimum Gasteiger partial charge on any atom is -0.371 e. The van der Waals surface area contributed by atoms with Gasteiger partial charge in [-0.05, 0) is 31.4 Å². The van der Waals surface area contributed by atoms with Gasteiger partial charge in [0, 0.05) is 17.5 Å². The summed E-state index contributed by atoms with van der Waals surface area (Å²) in [6.45, 7) is 2.80. The van der Waals surface area contributed by atoms with Crippen LogP contribution in [-0.4, -0.2) is 12.6 Å². The molecule has 1 aromatic heterocycles. The van der Waals surface area contributed by atoms with Gasteiger partial charge in [0.15, 0.2) is 0 Å². The fourth-order valence-electron chi connectivity index (χ4n) is 2.12. The van der Waals surface area contributed by atoms with E-state index >= 15 is 0 Å². The Morgan fingerprint density at radius 3 is 2.76 bits per heavy atom. The Balaban J connectivity index is 1.84. The Labute approximate surface area is 112 Å². The molecule has 0 bridgehead atoms. The Bertz CT molecular complexity index is 349. The maximum absolute atomic E-state index is 5.98. The minimum absolute atomic E-state index is 0.00565. The molecule has 2 N–H and O–H groups in total. The monoisotopic (exact) mass is 273 g/mol. The SMILES string of the molecule is CC(N)C(OCCC1CCC1)c1ccc(Cl)s1. The van der Waals surface area contributed by atoms with Crippen LogP contribution in [0.1, 0.15) is 43.6 Å². The summed E-state index contributed by atoms with van der Waals surface area (Å²) in [5.41, 5.74) is 5.98. The first-order valence-electron chi connectivity index (χ1n) is 6.29. The first kappa shape index (κ1) is 13.3. The molecule has 1 saturated carbocycles. The van der Waals surface area contributed by atoms with Crippen LogP contribution in [0.5, 0.6) is 0 Å². The van der Waals surface area contributed by atoms with Crippen molar-refractivity contribution in [3.8, 4) is 0 Å². The number of ether oxygens (including phenoxy) is 1. The largest absolute Gasteiger partial charge is 0.371 e. The van der Waals surface area contributed by atoms with Crippen LogP contribution in [0.2, 0.25) is 4.34 Å². The van der Waals surface area contributed by atoms with Crippen molar-refractivity contribution in [2.24, 2.45) is 11.7 Å². The highest BCUT2D eigenvalue weighted by Crippen LogP contribution is 2.33. The molecule has 96 valence electrons. The highest BCUT2D eigenvalue weighted by atomic mass is 35.5. The maximum atomic E-state index is 5.98. The second kappa shape index (κ2) is 6.19. The zero-order chi connectivity index (χ0) is 12.3. The van der Waals surface area contributed by atoms with E-state index in [9.17, 15) is 0 Å². The van der Waals surface area contributed by atoms with Gasteiger partial charge in [0.1, 0.15) is 6.10 Å². The quantitative estimate of drug-likeness (QED) is 0.850. The smallest absolute Gasteiger partial charge is 0.106 e. The first-order chi connectivity index (χ1) is 8.16. The highest BCUT2D eigenvalue weighted by Gasteiger charge is 2.21. The molecule has 4 heteroatoms. The normalized spacial score (nSPS) is 19.9. The van der Waals surface area contributed by atoms with Gasteiger partial charge in [-0.2, -0.15) is 0 Å². The van der Waals surface area contributed by atoms with Crippen molar-refractivity contribution in [3.63, 3.8) is 0 Å². The van der Waals surface area contributed by atoms with E-state index in [1.807, 2.05) is 19.1 Å². The second-order valence-electron chi connectivity index (χ2n) is 4.88. The van der Waals surface area contributed by atoms with Crippen LogP contribution < -0.4 is 5.73 Å². The number of nitrogens with two attached hydrogens (primary N) is 1. The molecule has 0 radical (unpaired) electrons. The van der Waals surface area contributed by atoms with Gasteiger partial charge in [-0.15, -0.1) is 11.3 Å². The average molecular weight is 274 g/mol. The number of hydrogen-bond donors (Lipinski definition) is 1. The van der Waals surface area contributed by atoms with Gasteiger partial charge in [-0.1, -0.05) is 30.9 Å². The van der Waals surface area contributed by atoms with Gasteiger partial charge in [0.25, 0.3) is 0 Å². The highest BCUT2D eigenvalue weighted by molar-refractivity contribution is 7.16. The second-order valence-corrected chi connectivity index (χ2v) is 6.62. The van der Waals surface area contributed by atoms with Gasteiger partial charge in [-0.3, -0.25) is 0 Å². The van der Waals surface area contributed by atoms with Crippen molar-refractivity contribution in [3.05, 3.63) is 21.3 Å². The third kappa shape index (κ3) is 3.68. The predicted octanol–water partition coefficient (Wildman–Crippen LogP) is 4.00. The van der Waals surface area contributed by atoms with Crippen molar-refractivity contribution >= 4 is 22.9 Å². The molecule has 2 nitrogen and oxygen atoms in total. The zero-order valence-electron chi connectivity index (χ0n) is 10.2. The molecule has 0 aliphatic heterocycles. The Hall–Kier alpha value is -0.0900. The predicted molar refractivity (Wildman–Crippen MR) is 73.6 cm³/mol. The average Bonchev–Trinajstić information content (AvgIpc) is 2.61. The fraction of sp³-hybridized carbons (Fsp3) is 0.692. The molecule has 0 amide bonds. The van der Waals surface area contributed by atoms with E-state index in [-0.39, 0.29) is 12.1 Å². The van der Waals surface area contributed by atoms with Crippen LogP contribution in [0.3, 0.4) is 0 Å². The van der Waals surface area contributed by atoms with Crippen molar-refractivity contribution in [1.82, 2.24) is 0 Å². The van der Waals surface area contributed by atoms with Crippen LogP contribution >= 0.6 is 22.9 Å². The lowest BCUT2D eigenvalue weighted by atomic mass is 9.83. The van der Waals surface area contributed by atoms with E-state index < -0.39 is 0 Å². The standard InChI is InChI=1S/C13H20ClNOS/c1-9(15)13(11-5-6-12(14)17-11)16-8-7-10-3-2-4-10/h5-6,9-10,13H,2-4,7-8,15H2,1H3. The van der Waals surface area contributed by atoms with Crippen molar-refractivity contribution in [2.75, 3.05) is 6.61 Å². The van der Waals surface area contributed by atoms with Crippen LogP contribution in [0.25, 0.3) is 0 Å². The number of hydrogen-bond acceptors (Lipinski definition) is 3. The summed E-state index contributed by atoms with van der Waals surface area (Å²) in [6, 6.07) is 3.93. The lowest BCUT2D eigenvalue weighted by molar-refractivity contribution is 0.0267. The number of thiophene rings is 1. The lowest BCUT2D eigenvalue weighted by Crippen LogP contribution is -2.27. The van der Waals surface area contributed by atoms with E-state index in [2.05, 4.69) is 0 Å². The van der Waals surface area contributed by atoms with Crippen molar-refractivity contribution in [2.45, 2.75) is 44.8 Å². The van der Waals surface area contributed by atoms with E-state index in [0.717, 1.165) is 21.7 Å². The summed E-state index contributed by atoms with van der Waals surface area (Å²) in [5.74, 6) is 0.885. The van der Waals surface area contributed by atoms with Crippen molar-refractivity contribution < 1.29 is 4.74 Å². The minimum atomic E-state index is -0.00687. The summed E-state index contributed by atoms with van der Waals surface area (Å²) in [6.07, 6.45) is 5.30. The van der Waals surface area contributed by atoms with E-state index in [1.54, 1.807) is 11.3 Å². The van der Waals surface area contributed by atoms with E-state index in [4.69, 9.17) is 22.1 Å². The first-order valence-corrected chi connectivity index (χ1v) is 7.48. The lowest BCUT2D eigenvalue weighted by Gasteiger charge is -2.27. The molecule has 1 aliphatic carbocycles. The third-order valence-electron chi connectivity index (χ3n) is 3.40. The molecular formula is C13H20ClNOS. The Morgan fingerprint density at radius 2 is 2.29 bits per heavy atom. The molecule has 0 saturated heterocycles. The van der Waals surface area contributed by atoms with Crippen molar-refractivity contribution in [1.29, 1.82) is 0 Å². The van der Waals surface area contributed by atoms with Gasteiger partial charge >= 0.3 is 0 Å². The molecular weight excluding hydrogens is 254 g/mol. The van der Waals surface area contributed by atoms with Gasteiger partial charge in [0.05, 0.1) is 4.34 Å². The summed E-state index contributed by atoms with van der Waals surface area (Å²) in [7, 11) is 0. The topological polar surface area (TPSA) is 35.2 Å². The molecule has 0 spiro atoms. The van der Waals surface area contributed by atoms with Gasteiger partial charge in [-0.25, -0.2) is 0 Å². The Morgan fingerprint density at radius 1 is 1.53 bits per heavy atom. The third-order valence-corrected chi connectivity index (χ3v) is 4.69. The Kier molecular flexibility index (Phi) is 4.86. The van der Waals surface area contributed by atoms with Gasteiger partial charge in [0.2, 0.25) is 0 Å². The van der Waals surface area contributed by atoms with Gasteiger partial charge < -0.3 is 10.5 Å². The van der Waals surface area contributed by atoms with Crippen LogP contribution in [0.15, 0.2) is 12.1 Å². The van der Waals surface area contributed by atoms with Crippen LogP contribution in [-0.2, 0) is 4.74 Å². The fourth-order valence-corrected chi connectivity index (χ4v) is 3.34. The maximum Gasteiger partial charge on any atom is 0.106 e. The number of rotatable bonds is 6. The molecule has 1 fully saturated rings. The molecule has 1 aromatic rings. The van der Waals surface area contributed by atoms with E-state index in [0.29, 0.717) is 0 Å². The summed E-state index contributed by atoms with van der Waals surface area (Å²) < 4.78 is 6.74. The molecule has 2 unspecified atom stereocenters. The molecule has 1 aliphatic rings. The van der Waals surface area contributed by atoms with Crippen LogP contribution in [0.4, 0.5) is 0 Å². The molecule has 2 atom stereocenters. The molecule has 17 heavy (non-hydrogen) atoms. The van der Waals surface area contributed by atoms with E-state index in [1.165, 1.54) is 25.7 Å². The summed E-state index contributed by atoms with van der Waals surface area (Å²) >= 11 is 7.51.